The highest BCUT2D eigenvalue weighted by Gasteiger charge is 2.30. The molecule has 1 aromatic carbocycles. The molecule has 0 spiro atoms. The highest BCUT2D eigenvalue weighted by molar-refractivity contribution is 5.76. The smallest absolute Gasteiger partial charge is 0.212 e. The highest BCUT2D eigenvalue weighted by atomic mass is 19.1. The lowest BCUT2D eigenvalue weighted by Gasteiger charge is -2.26. The predicted octanol–water partition coefficient (Wildman–Crippen LogP) is 2.97. The quantitative estimate of drug-likeness (QED) is 0.648. The summed E-state index contributed by atoms with van der Waals surface area (Å²) in [6.07, 6.45) is 10.4. The van der Waals surface area contributed by atoms with E-state index < -0.39 is 0 Å². The zero-order valence-electron chi connectivity index (χ0n) is 18.3. The van der Waals surface area contributed by atoms with Gasteiger partial charge in [-0.3, -0.25) is 5.01 Å². The summed E-state index contributed by atoms with van der Waals surface area (Å²) in [5, 5.41) is 4.33. The van der Waals surface area contributed by atoms with Crippen molar-refractivity contribution >= 4 is 17.8 Å². The number of pyridine rings is 1. The van der Waals surface area contributed by atoms with Gasteiger partial charge in [0.1, 0.15) is 5.82 Å². The standard InChI is InChI=1S/C26H25FN4O2/c1-32-24-7-2-17(14-28-24)25-21-13-23-18(15-29-31(23)20-5-3-19(27)4-6-20)12-22(21)30-26(25)16-8-10-33-11-9-16/h2-7,12-16,23,29-30H,8-11H2,1H3. The number of anilines is 1. The normalized spacial score (nSPS) is 19.6. The van der Waals surface area contributed by atoms with Gasteiger partial charge in [-0.15, -0.1) is 0 Å². The van der Waals surface area contributed by atoms with Crippen molar-refractivity contribution < 1.29 is 13.9 Å². The Morgan fingerprint density at radius 2 is 1.94 bits per heavy atom. The summed E-state index contributed by atoms with van der Waals surface area (Å²) < 4.78 is 24.4. The zero-order valence-corrected chi connectivity index (χ0v) is 18.3. The maximum absolute atomic E-state index is 13.5. The van der Waals surface area contributed by atoms with Gasteiger partial charge in [0.25, 0.3) is 0 Å². The Bertz CT molecular complexity index is 1320. The average Bonchev–Trinajstić information content (AvgIpc) is 3.45. The molecule has 1 atom stereocenters. The molecule has 1 aliphatic carbocycles. The number of rotatable bonds is 4. The Morgan fingerprint density at radius 1 is 1.12 bits per heavy atom. The van der Waals surface area contributed by atoms with Gasteiger partial charge in [-0.05, 0) is 55.3 Å². The van der Waals surface area contributed by atoms with E-state index in [1.807, 2.05) is 18.5 Å². The van der Waals surface area contributed by atoms with Crippen molar-refractivity contribution in [1.29, 1.82) is 0 Å². The predicted molar refractivity (Wildman–Crippen MR) is 125 cm³/mol. The number of nitrogens with one attached hydrogen (secondary N) is 2. The van der Waals surface area contributed by atoms with Gasteiger partial charge in [0.2, 0.25) is 5.88 Å². The Morgan fingerprint density at radius 3 is 2.67 bits per heavy atom. The largest absolute Gasteiger partial charge is 0.481 e. The number of aromatic nitrogens is 2. The molecule has 0 radical (unpaired) electrons. The van der Waals surface area contributed by atoms with Gasteiger partial charge < -0.3 is 19.9 Å². The zero-order chi connectivity index (χ0) is 22.4. The number of nitrogens with zero attached hydrogens (tertiary/aromatic N) is 2. The number of hydrogen-bond acceptors (Lipinski definition) is 5. The van der Waals surface area contributed by atoms with E-state index in [0.717, 1.165) is 48.2 Å². The number of halogens is 1. The molecule has 3 aromatic rings. The number of methoxy groups -OCH3 is 1. The average molecular weight is 445 g/mol. The van der Waals surface area contributed by atoms with Gasteiger partial charge in [-0.2, -0.15) is 0 Å². The molecule has 6 nitrogen and oxygen atoms in total. The summed E-state index contributed by atoms with van der Waals surface area (Å²) in [7, 11) is 1.63. The monoisotopic (exact) mass is 444 g/mol. The third kappa shape index (κ3) is 3.49. The molecule has 1 unspecified atom stereocenters. The first-order valence-corrected chi connectivity index (χ1v) is 11.3. The molecule has 0 saturated carbocycles. The van der Waals surface area contributed by atoms with E-state index in [4.69, 9.17) is 9.47 Å². The van der Waals surface area contributed by atoms with E-state index in [1.165, 1.54) is 28.6 Å². The van der Waals surface area contributed by atoms with Gasteiger partial charge >= 0.3 is 0 Å². The van der Waals surface area contributed by atoms with E-state index in [9.17, 15) is 4.39 Å². The Kier molecular flexibility index (Phi) is 4.91. The second-order valence-electron chi connectivity index (χ2n) is 8.59. The van der Waals surface area contributed by atoms with Crippen LogP contribution in [0.3, 0.4) is 0 Å². The fourth-order valence-electron chi connectivity index (χ4n) is 5.01. The van der Waals surface area contributed by atoms with E-state index in [0.29, 0.717) is 11.8 Å². The molecule has 168 valence electrons. The Hall–Kier alpha value is -3.58. The van der Waals surface area contributed by atoms with Crippen LogP contribution in [-0.4, -0.2) is 36.3 Å². The van der Waals surface area contributed by atoms with Gasteiger partial charge in [0.15, 0.2) is 0 Å². The van der Waals surface area contributed by atoms with E-state index in [-0.39, 0.29) is 11.9 Å². The fourth-order valence-corrected chi connectivity index (χ4v) is 5.01. The SMILES string of the molecule is COc1ccc(-c2c(C3CCOCC3)[nH]c3c2=CC2C(=CNN2c2ccc(F)cc2)C=3)cn1. The van der Waals surface area contributed by atoms with Crippen LogP contribution in [0, 0.1) is 5.82 Å². The molecule has 6 rings (SSSR count). The molecule has 1 saturated heterocycles. The topological polar surface area (TPSA) is 62.4 Å². The van der Waals surface area contributed by atoms with Crippen LogP contribution in [0.5, 0.6) is 5.88 Å². The summed E-state index contributed by atoms with van der Waals surface area (Å²) in [4.78, 5) is 8.21. The Balaban J connectivity index is 1.50. The van der Waals surface area contributed by atoms with Crippen LogP contribution in [0.2, 0.25) is 0 Å². The molecular formula is C26H25FN4O2. The molecule has 1 fully saturated rings. The summed E-state index contributed by atoms with van der Waals surface area (Å²) in [6.45, 7) is 1.55. The minimum absolute atomic E-state index is 0.00579. The summed E-state index contributed by atoms with van der Waals surface area (Å²) in [5.41, 5.74) is 8.90. The molecule has 2 N–H and O–H groups in total. The van der Waals surface area contributed by atoms with E-state index >= 15 is 0 Å². The van der Waals surface area contributed by atoms with Crippen molar-refractivity contribution in [2.75, 3.05) is 25.3 Å². The Labute approximate surface area is 191 Å². The highest BCUT2D eigenvalue weighted by Crippen LogP contribution is 2.33. The van der Waals surface area contributed by atoms with Crippen molar-refractivity contribution in [2.45, 2.75) is 24.8 Å². The number of hydrogen-bond donors (Lipinski definition) is 2. The van der Waals surface area contributed by atoms with Crippen molar-refractivity contribution in [3.63, 3.8) is 0 Å². The van der Waals surface area contributed by atoms with Crippen molar-refractivity contribution in [3.8, 4) is 17.0 Å². The van der Waals surface area contributed by atoms with Crippen molar-refractivity contribution in [1.82, 2.24) is 15.4 Å². The lowest BCUT2D eigenvalue weighted by atomic mass is 9.90. The summed E-state index contributed by atoms with van der Waals surface area (Å²) in [6, 6.07) is 10.5. The molecule has 7 heteroatoms. The van der Waals surface area contributed by atoms with E-state index in [1.54, 1.807) is 19.2 Å². The maximum atomic E-state index is 13.5. The van der Waals surface area contributed by atoms with Crippen LogP contribution in [0.1, 0.15) is 24.5 Å². The number of aromatic amines is 1. The maximum Gasteiger partial charge on any atom is 0.212 e. The van der Waals surface area contributed by atoms with Crippen LogP contribution in [0.15, 0.2) is 54.4 Å². The fraction of sp³-hybridized carbons (Fsp3) is 0.269. The van der Waals surface area contributed by atoms with Crippen LogP contribution in [0.25, 0.3) is 23.3 Å². The minimum Gasteiger partial charge on any atom is -0.481 e. The molecule has 0 bridgehead atoms. The van der Waals surface area contributed by atoms with Gasteiger partial charge in [0, 0.05) is 70.6 Å². The number of hydrazine groups is 1. The first kappa shape index (κ1) is 20.1. The van der Waals surface area contributed by atoms with Crippen LogP contribution >= 0.6 is 0 Å². The van der Waals surface area contributed by atoms with Gasteiger partial charge in [0.05, 0.1) is 18.8 Å². The first-order valence-electron chi connectivity index (χ1n) is 11.3. The summed E-state index contributed by atoms with van der Waals surface area (Å²) in [5.74, 6) is 0.760. The molecule has 0 amide bonds. The van der Waals surface area contributed by atoms with Crippen LogP contribution in [-0.2, 0) is 4.74 Å². The van der Waals surface area contributed by atoms with Crippen molar-refractivity contribution in [2.24, 2.45) is 0 Å². The number of fused-ring (bicyclic) bond motifs is 2. The molecule has 33 heavy (non-hydrogen) atoms. The van der Waals surface area contributed by atoms with Gasteiger partial charge in [-0.1, -0.05) is 0 Å². The number of ether oxygens (including phenoxy) is 2. The molecule has 3 aliphatic rings. The van der Waals surface area contributed by atoms with E-state index in [2.05, 4.69) is 38.6 Å². The molecular weight excluding hydrogens is 419 g/mol. The second-order valence-corrected chi connectivity index (χ2v) is 8.59. The molecule has 4 heterocycles. The first-order chi connectivity index (χ1) is 16.2. The lowest BCUT2D eigenvalue weighted by Crippen LogP contribution is -2.41. The molecule has 2 aromatic heterocycles. The van der Waals surface area contributed by atoms with Crippen LogP contribution < -0.4 is 25.7 Å². The third-order valence-electron chi connectivity index (χ3n) is 6.69. The third-order valence-corrected chi connectivity index (χ3v) is 6.69. The lowest BCUT2D eigenvalue weighted by molar-refractivity contribution is 0.0847. The molecule has 2 aliphatic heterocycles. The van der Waals surface area contributed by atoms with Crippen LogP contribution in [0.4, 0.5) is 10.1 Å². The minimum atomic E-state index is -0.242. The second kappa shape index (κ2) is 8.08. The number of H-pyrrole nitrogens is 1. The van der Waals surface area contributed by atoms with Gasteiger partial charge in [-0.25, -0.2) is 9.37 Å². The van der Waals surface area contributed by atoms with Crippen molar-refractivity contribution in [3.05, 3.63) is 76.4 Å². The number of benzene rings is 1. The summed E-state index contributed by atoms with van der Waals surface area (Å²) >= 11 is 0.